The molecule has 0 aliphatic rings. The van der Waals surface area contributed by atoms with Gasteiger partial charge in [0.1, 0.15) is 12.2 Å². The van der Waals surface area contributed by atoms with E-state index in [4.69, 9.17) is 9.94 Å². The Balaban J connectivity index is 2.06. The van der Waals surface area contributed by atoms with E-state index in [1.54, 1.807) is 0 Å². The number of carboxylic acid groups (broad SMARTS) is 1. The highest BCUT2D eigenvalue weighted by molar-refractivity contribution is 9.11. The van der Waals surface area contributed by atoms with Gasteiger partial charge in [0.25, 0.3) is 5.91 Å². The molecule has 1 heterocycles. The molecule has 0 fully saturated rings. The van der Waals surface area contributed by atoms with Gasteiger partial charge < -0.3 is 10.4 Å². The summed E-state index contributed by atoms with van der Waals surface area (Å²) in [5.74, 6) is -2.68. The second-order valence-electron chi connectivity index (χ2n) is 6.39. The molecule has 8 nitrogen and oxygen atoms in total. The molecule has 0 radical (unpaired) electrons. The van der Waals surface area contributed by atoms with Crippen LogP contribution in [0.15, 0.2) is 28.1 Å². The lowest BCUT2D eigenvalue weighted by atomic mass is 10.2. The first-order valence-electron chi connectivity index (χ1n) is 8.54. The van der Waals surface area contributed by atoms with Gasteiger partial charge in [0, 0.05) is 0 Å². The molecule has 156 valence electrons. The second-order valence-corrected chi connectivity index (χ2v) is 8.71. The number of hydrogen-bond donors (Lipinski definition) is 2. The maximum atomic E-state index is 13.2. The van der Waals surface area contributed by atoms with Gasteiger partial charge in [-0.1, -0.05) is 25.2 Å². The lowest BCUT2D eigenvalue weighted by Crippen LogP contribution is -2.35. The van der Waals surface area contributed by atoms with E-state index < -0.39 is 30.0 Å². The van der Waals surface area contributed by atoms with Crippen LogP contribution in [0.1, 0.15) is 26.0 Å². The Morgan fingerprint density at radius 1 is 1.31 bits per heavy atom. The van der Waals surface area contributed by atoms with Crippen LogP contribution in [0, 0.1) is 11.7 Å². The molecule has 0 saturated carbocycles. The molecule has 1 aromatic carbocycles. The lowest BCUT2D eigenvalue weighted by molar-refractivity contribution is -0.136. The van der Waals surface area contributed by atoms with E-state index in [1.807, 2.05) is 13.8 Å². The largest absolute Gasteiger partial charge is 0.481 e. The van der Waals surface area contributed by atoms with Crippen molar-refractivity contribution < 1.29 is 28.7 Å². The van der Waals surface area contributed by atoms with Crippen LogP contribution in [0.5, 0.6) is 0 Å². The van der Waals surface area contributed by atoms with E-state index in [-0.39, 0.29) is 29.8 Å². The Morgan fingerprint density at radius 2 is 1.97 bits per heavy atom. The van der Waals surface area contributed by atoms with E-state index in [1.165, 1.54) is 24.3 Å². The molecule has 0 spiro atoms. The number of anilines is 2. The van der Waals surface area contributed by atoms with Crippen LogP contribution in [0.3, 0.4) is 0 Å². The zero-order chi connectivity index (χ0) is 21.6. The normalized spacial score (nSPS) is 10.8. The Bertz CT molecular complexity index is 888. The number of halogens is 2. The molecule has 0 aliphatic heterocycles. The van der Waals surface area contributed by atoms with Gasteiger partial charge in [-0.15, -0.1) is 0 Å². The lowest BCUT2D eigenvalue weighted by Gasteiger charge is -2.22. The van der Waals surface area contributed by atoms with E-state index in [0.29, 0.717) is 9.47 Å². The Morgan fingerprint density at radius 3 is 2.55 bits per heavy atom. The monoisotopic (exact) mass is 487 g/mol. The van der Waals surface area contributed by atoms with Gasteiger partial charge in [-0.25, -0.2) is 9.37 Å². The number of hydroxylamine groups is 1. The maximum absolute atomic E-state index is 13.2. The van der Waals surface area contributed by atoms with Gasteiger partial charge >= 0.3 is 5.97 Å². The van der Waals surface area contributed by atoms with Crippen LogP contribution in [-0.2, 0) is 25.6 Å². The topological polar surface area (TPSA) is 109 Å². The van der Waals surface area contributed by atoms with Gasteiger partial charge in [0.05, 0.1) is 28.2 Å². The Labute approximate surface area is 178 Å². The molecule has 1 aromatic heterocycles. The summed E-state index contributed by atoms with van der Waals surface area (Å²) in [7, 11) is 0. The molecule has 2 rings (SSSR count). The fraction of sp³-hybridized carbons (Fsp3) is 0.333. The number of carboxylic acids is 1. The standard InChI is InChI=1S/C18H19BrFN3O5S/c1-10(2)9-28-23(12-5-3-11(20)4-6-12)15(25)8-14(24)22-18-21-13(7-16(26)27)17(19)29-18/h3-6,10H,7-9H2,1-2H3,(H,26,27)(H,21,22,24). The summed E-state index contributed by atoms with van der Waals surface area (Å²) < 4.78 is 13.7. The molecule has 0 saturated heterocycles. The highest BCUT2D eigenvalue weighted by Crippen LogP contribution is 2.29. The van der Waals surface area contributed by atoms with Crippen molar-refractivity contribution in [1.82, 2.24) is 4.98 Å². The molecule has 2 N–H and O–H groups in total. The summed E-state index contributed by atoms with van der Waals surface area (Å²) in [4.78, 5) is 45.2. The summed E-state index contributed by atoms with van der Waals surface area (Å²) in [6.07, 6.45) is -0.839. The number of nitrogens with one attached hydrogen (secondary N) is 1. The minimum absolute atomic E-state index is 0.125. The van der Waals surface area contributed by atoms with Crippen LogP contribution in [0.25, 0.3) is 0 Å². The molecule has 11 heteroatoms. The average molecular weight is 488 g/mol. The quantitative estimate of drug-likeness (QED) is 0.412. The second kappa shape index (κ2) is 10.4. The van der Waals surface area contributed by atoms with Crippen molar-refractivity contribution in [2.24, 2.45) is 5.92 Å². The fourth-order valence-electron chi connectivity index (χ4n) is 2.10. The van der Waals surface area contributed by atoms with Crippen LogP contribution in [0.4, 0.5) is 15.2 Å². The Kier molecular flexibility index (Phi) is 8.23. The number of carbonyl (C=O) groups is 3. The van der Waals surface area contributed by atoms with Gasteiger partial charge in [-0.2, -0.15) is 5.06 Å². The average Bonchev–Trinajstić information content (AvgIpc) is 2.94. The zero-order valence-corrected chi connectivity index (χ0v) is 18.0. The summed E-state index contributed by atoms with van der Waals surface area (Å²) in [6.45, 7) is 4.02. The SMILES string of the molecule is CC(C)CON(C(=O)CC(=O)Nc1nc(CC(=O)O)c(Br)s1)c1ccc(F)cc1. The highest BCUT2D eigenvalue weighted by Gasteiger charge is 2.22. The molecule has 29 heavy (non-hydrogen) atoms. The minimum atomic E-state index is -1.05. The third-order valence-corrected chi connectivity index (χ3v) is 5.10. The van der Waals surface area contributed by atoms with Crippen molar-refractivity contribution in [2.45, 2.75) is 26.7 Å². The predicted octanol–water partition coefficient (Wildman–Crippen LogP) is 3.62. The van der Waals surface area contributed by atoms with E-state index in [2.05, 4.69) is 26.2 Å². The highest BCUT2D eigenvalue weighted by atomic mass is 79.9. The maximum Gasteiger partial charge on any atom is 0.309 e. The smallest absolute Gasteiger partial charge is 0.309 e. The summed E-state index contributed by atoms with van der Waals surface area (Å²) in [5.41, 5.74) is 0.572. The number of carbonyl (C=O) groups excluding carboxylic acids is 2. The van der Waals surface area contributed by atoms with Crippen molar-refractivity contribution in [3.63, 3.8) is 0 Å². The number of aromatic nitrogens is 1. The zero-order valence-electron chi connectivity index (χ0n) is 15.6. The van der Waals surface area contributed by atoms with Crippen molar-refractivity contribution in [3.05, 3.63) is 39.6 Å². The third-order valence-electron chi connectivity index (χ3n) is 3.35. The minimum Gasteiger partial charge on any atom is -0.481 e. The molecule has 0 unspecified atom stereocenters. The van der Waals surface area contributed by atoms with Crippen LogP contribution >= 0.6 is 27.3 Å². The molecular formula is C18H19BrFN3O5S. The first-order valence-corrected chi connectivity index (χ1v) is 10.1. The number of hydrogen-bond acceptors (Lipinski definition) is 6. The van der Waals surface area contributed by atoms with Gasteiger partial charge in [-0.05, 0) is 46.1 Å². The number of nitrogens with zero attached hydrogens (tertiary/aromatic N) is 2. The Hall–Kier alpha value is -2.37. The number of amides is 2. The van der Waals surface area contributed by atoms with Crippen molar-refractivity contribution in [3.8, 4) is 0 Å². The molecule has 2 amide bonds. The molecule has 2 aromatic rings. The molecule has 0 aliphatic carbocycles. The van der Waals surface area contributed by atoms with Crippen LogP contribution in [-0.4, -0.2) is 34.5 Å². The van der Waals surface area contributed by atoms with Crippen molar-refractivity contribution in [1.29, 1.82) is 0 Å². The van der Waals surface area contributed by atoms with Gasteiger partial charge in [0.15, 0.2) is 5.13 Å². The molecule has 0 atom stereocenters. The van der Waals surface area contributed by atoms with E-state index in [9.17, 15) is 18.8 Å². The van der Waals surface area contributed by atoms with Crippen LogP contribution in [0.2, 0.25) is 0 Å². The van der Waals surface area contributed by atoms with Crippen LogP contribution < -0.4 is 10.4 Å². The van der Waals surface area contributed by atoms with Crippen molar-refractivity contribution in [2.75, 3.05) is 17.0 Å². The number of aliphatic carboxylic acids is 1. The third kappa shape index (κ3) is 7.18. The number of rotatable bonds is 9. The van der Waals surface area contributed by atoms with Gasteiger partial charge in [-0.3, -0.25) is 19.2 Å². The fourth-order valence-corrected chi connectivity index (χ4v) is 3.52. The van der Waals surface area contributed by atoms with E-state index >= 15 is 0 Å². The summed E-state index contributed by atoms with van der Waals surface area (Å²) in [6, 6.07) is 5.13. The first kappa shape index (κ1) is 22.9. The molecule has 0 bridgehead atoms. The first-order chi connectivity index (χ1) is 13.7. The predicted molar refractivity (Wildman–Crippen MR) is 109 cm³/mol. The summed E-state index contributed by atoms with van der Waals surface area (Å²) in [5, 5.41) is 12.5. The summed E-state index contributed by atoms with van der Waals surface area (Å²) >= 11 is 4.24. The molecular weight excluding hydrogens is 469 g/mol. The van der Waals surface area contributed by atoms with Gasteiger partial charge in [0.2, 0.25) is 5.91 Å². The number of thiazole rings is 1. The number of benzene rings is 1. The van der Waals surface area contributed by atoms with Crippen molar-refractivity contribution >= 4 is 55.9 Å². The van der Waals surface area contributed by atoms with E-state index in [0.717, 1.165) is 16.4 Å².